The van der Waals surface area contributed by atoms with Gasteiger partial charge in [0.2, 0.25) is 0 Å². The Morgan fingerprint density at radius 2 is 2.00 bits per heavy atom. The van der Waals surface area contributed by atoms with E-state index in [-0.39, 0.29) is 12.2 Å². The monoisotopic (exact) mass is 287 g/mol. The number of hydrogen-bond donors (Lipinski definition) is 0. The van der Waals surface area contributed by atoms with Crippen LogP contribution >= 0.6 is 0 Å². The standard InChI is InChI=1S/C18H25NO2/c1-13(2)15-8-4-6-10-17(15)21-18(20)19-12-11-14-7-3-5-9-16(14)19/h3,5,7,9,13,15,17H,4,6,8,10-12H2,1-2H3/t15-,17+/m0/s1. The summed E-state index contributed by atoms with van der Waals surface area (Å²) in [6.45, 7) is 5.22. The summed E-state index contributed by atoms with van der Waals surface area (Å²) in [6.07, 6.45) is 5.53. The number of carbonyl (C=O) groups is 1. The van der Waals surface area contributed by atoms with E-state index >= 15 is 0 Å². The fourth-order valence-electron chi connectivity index (χ4n) is 3.76. The Morgan fingerprint density at radius 1 is 1.24 bits per heavy atom. The third kappa shape index (κ3) is 2.92. The zero-order chi connectivity index (χ0) is 14.8. The van der Waals surface area contributed by atoms with Crippen molar-refractivity contribution in [2.45, 2.75) is 52.1 Å². The summed E-state index contributed by atoms with van der Waals surface area (Å²) in [4.78, 5) is 14.4. The van der Waals surface area contributed by atoms with Crippen molar-refractivity contribution >= 4 is 11.8 Å². The van der Waals surface area contributed by atoms with Crippen LogP contribution in [-0.2, 0) is 11.2 Å². The fourth-order valence-corrected chi connectivity index (χ4v) is 3.76. The summed E-state index contributed by atoms with van der Waals surface area (Å²) in [5.74, 6) is 1.09. The minimum absolute atomic E-state index is 0.0963. The van der Waals surface area contributed by atoms with Gasteiger partial charge in [-0.15, -0.1) is 0 Å². The summed E-state index contributed by atoms with van der Waals surface area (Å²) in [5, 5.41) is 0. The Hall–Kier alpha value is -1.51. The predicted octanol–water partition coefficient (Wildman–Crippen LogP) is 4.40. The third-order valence-electron chi connectivity index (χ3n) is 4.97. The molecule has 3 nitrogen and oxygen atoms in total. The van der Waals surface area contributed by atoms with Gasteiger partial charge in [-0.3, -0.25) is 4.90 Å². The van der Waals surface area contributed by atoms with Crippen LogP contribution in [0.5, 0.6) is 0 Å². The minimum atomic E-state index is -0.155. The lowest BCUT2D eigenvalue weighted by molar-refractivity contribution is 0.0243. The number of nitrogens with zero attached hydrogens (tertiary/aromatic N) is 1. The van der Waals surface area contributed by atoms with E-state index in [9.17, 15) is 4.79 Å². The van der Waals surface area contributed by atoms with Gasteiger partial charge in [-0.25, -0.2) is 4.79 Å². The van der Waals surface area contributed by atoms with Crippen LogP contribution in [0.3, 0.4) is 0 Å². The molecule has 0 saturated heterocycles. The Balaban J connectivity index is 1.69. The summed E-state index contributed by atoms with van der Waals surface area (Å²) in [5.41, 5.74) is 2.28. The van der Waals surface area contributed by atoms with Gasteiger partial charge in [0, 0.05) is 6.54 Å². The fraction of sp³-hybridized carbons (Fsp3) is 0.611. The number of rotatable bonds is 2. The number of carbonyl (C=O) groups excluding carboxylic acids is 1. The Labute approximate surface area is 127 Å². The molecule has 0 aromatic heterocycles. The molecule has 1 amide bonds. The molecular formula is C18H25NO2. The molecule has 0 radical (unpaired) electrons. The van der Waals surface area contributed by atoms with Crippen molar-refractivity contribution < 1.29 is 9.53 Å². The highest BCUT2D eigenvalue weighted by Crippen LogP contribution is 2.34. The normalized spacial score (nSPS) is 25.0. The van der Waals surface area contributed by atoms with Crippen LogP contribution < -0.4 is 4.90 Å². The number of amides is 1. The van der Waals surface area contributed by atoms with Crippen molar-refractivity contribution in [1.29, 1.82) is 0 Å². The number of para-hydroxylation sites is 1. The van der Waals surface area contributed by atoms with E-state index in [4.69, 9.17) is 4.74 Å². The molecule has 0 spiro atoms. The van der Waals surface area contributed by atoms with Gasteiger partial charge < -0.3 is 4.74 Å². The van der Waals surface area contributed by atoms with Crippen LogP contribution in [-0.4, -0.2) is 18.7 Å². The van der Waals surface area contributed by atoms with E-state index in [1.54, 1.807) is 4.90 Å². The van der Waals surface area contributed by atoms with Crippen LogP contribution in [0, 0.1) is 11.8 Å². The first-order valence-electron chi connectivity index (χ1n) is 8.23. The first kappa shape index (κ1) is 14.4. The highest BCUT2D eigenvalue weighted by molar-refractivity contribution is 5.90. The van der Waals surface area contributed by atoms with E-state index in [1.807, 2.05) is 18.2 Å². The zero-order valence-corrected chi connectivity index (χ0v) is 13.0. The smallest absolute Gasteiger partial charge is 0.414 e. The summed E-state index contributed by atoms with van der Waals surface area (Å²) >= 11 is 0. The van der Waals surface area contributed by atoms with Gasteiger partial charge in [0.05, 0.1) is 5.69 Å². The number of ether oxygens (including phenoxy) is 1. The molecule has 21 heavy (non-hydrogen) atoms. The SMILES string of the molecule is CC(C)[C@@H]1CCCC[C@H]1OC(=O)N1CCc2ccccc21. The second kappa shape index (κ2) is 6.08. The van der Waals surface area contributed by atoms with E-state index < -0.39 is 0 Å². The maximum atomic E-state index is 12.5. The van der Waals surface area contributed by atoms with Gasteiger partial charge in [0.1, 0.15) is 6.10 Å². The summed E-state index contributed by atoms with van der Waals surface area (Å²) in [7, 11) is 0. The lowest BCUT2D eigenvalue weighted by Crippen LogP contribution is -2.38. The molecule has 1 aromatic carbocycles. The molecular weight excluding hydrogens is 262 g/mol. The van der Waals surface area contributed by atoms with Crippen molar-refractivity contribution in [1.82, 2.24) is 0 Å². The van der Waals surface area contributed by atoms with Crippen molar-refractivity contribution in [2.24, 2.45) is 11.8 Å². The van der Waals surface area contributed by atoms with Gasteiger partial charge in [-0.1, -0.05) is 38.5 Å². The van der Waals surface area contributed by atoms with E-state index in [1.165, 1.54) is 24.8 Å². The van der Waals surface area contributed by atoms with Gasteiger partial charge in [-0.2, -0.15) is 0 Å². The topological polar surface area (TPSA) is 29.5 Å². The molecule has 1 aliphatic heterocycles. The molecule has 1 saturated carbocycles. The molecule has 1 fully saturated rings. The molecule has 1 aromatic rings. The molecule has 3 rings (SSSR count). The largest absolute Gasteiger partial charge is 0.446 e. The quantitative estimate of drug-likeness (QED) is 0.807. The lowest BCUT2D eigenvalue weighted by atomic mass is 9.79. The Kier molecular flexibility index (Phi) is 4.18. The molecule has 2 aliphatic rings. The van der Waals surface area contributed by atoms with E-state index in [0.717, 1.165) is 25.1 Å². The molecule has 0 N–H and O–H groups in total. The molecule has 0 bridgehead atoms. The average Bonchev–Trinajstić information content (AvgIpc) is 2.91. The minimum Gasteiger partial charge on any atom is -0.446 e. The van der Waals surface area contributed by atoms with Crippen LogP contribution in [0.15, 0.2) is 24.3 Å². The zero-order valence-electron chi connectivity index (χ0n) is 13.0. The van der Waals surface area contributed by atoms with Gasteiger partial charge >= 0.3 is 6.09 Å². The number of benzene rings is 1. The van der Waals surface area contributed by atoms with Crippen LogP contribution in [0.1, 0.15) is 45.1 Å². The molecule has 0 unspecified atom stereocenters. The second-order valence-electron chi connectivity index (χ2n) is 6.64. The predicted molar refractivity (Wildman–Crippen MR) is 84.6 cm³/mol. The van der Waals surface area contributed by atoms with E-state index in [0.29, 0.717) is 11.8 Å². The number of hydrogen-bond acceptors (Lipinski definition) is 2. The molecule has 1 aliphatic carbocycles. The first-order chi connectivity index (χ1) is 10.2. The average molecular weight is 287 g/mol. The first-order valence-corrected chi connectivity index (χ1v) is 8.23. The van der Waals surface area contributed by atoms with Gasteiger partial charge in [0.15, 0.2) is 0 Å². The van der Waals surface area contributed by atoms with Crippen molar-refractivity contribution in [3.05, 3.63) is 29.8 Å². The maximum Gasteiger partial charge on any atom is 0.414 e. The van der Waals surface area contributed by atoms with Crippen molar-refractivity contribution in [3.8, 4) is 0 Å². The van der Waals surface area contributed by atoms with Crippen molar-refractivity contribution in [3.63, 3.8) is 0 Å². The second-order valence-corrected chi connectivity index (χ2v) is 6.64. The Morgan fingerprint density at radius 3 is 2.81 bits per heavy atom. The Bertz CT molecular complexity index is 512. The van der Waals surface area contributed by atoms with E-state index in [2.05, 4.69) is 19.9 Å². The van der Waals surface area contributed by atoms with Gasteiger partial charge in [0.25, 0.3) is 0 Å². The van der Waals surface area contributed by atoms with Crippen molar-refractivity contribution in [2.75, 3.05) is 11.4 Å². The van der Waals surface area contributed by atoms with Gasteiger partial charge in [-0.05, 0) is 49.1 Å². The molecule has 1 heterocycles. The third-order valence-corrected chi connectivity index (χ3v) is 4.97. The number of fused-ring (bicyclic) bond motifs is 1. The number of anilines is 1. The highest BCUT2D eigenvalue weighted by atomic mass is 16.6. The lowest BCUT2D eigenvalue weighted by Gasteiger charge is -2.34. The molecule has 114 valence electrons. The van der Waals surface area contributed by atoms with Crippen LogP contribution in [0.25, 0.3) is 0 Å². The maximum absolute atomic E-state index is 12.5. The molecule has 2 atom stereocenters. The summed E-state index contributed by atoms with van der Waals surface area (Å²) < 4.78 is 5.89. The van der Waals surface area contributed by atoms with Crippen LogP contribution in [0.4, 0.5) is 10.5 Å². The summed E-state index contributed by atoms with van der Waals surface area (Å²) in [6, 6.07) is 8.14. The molecule has 3 heteroatoms. The van der Waals surface area contributed by atoms with Crippen LogP contribution in [0.2, 0.25) is 0 Å². The highest BCUT2D eigenvalue weighted by Gasteiger charge is 2.33.